The predicted molar refractivity (Wildman–Crippen MR) is 97.3 cm³/mol. The number of anilines is 1. The molecule has 2 unspecified atom stereocenters. The zero-order valence-corrected chi connectivity index (χ0v) is 15.0. The first kappa shape index (κ1) is 17.9. The minimum absolute atomic E-state index is 0.00849. The molecule has 3 rings (SSSR count). The number of aryl methyl sites for hydroxylation is 1. The van der Waals surface area contributed by atoms with Gasteiger partial charge in [-0.3, -0.25) is 9.59 Å². The van der Waals surface area contributed by atoms with Crippen LogP contribution in [0.4, 0.5) is 5.69 Å². The number of hydrogen-bond acceptors (Lipinski definition) is 3. The molecule has 2 fully saturated rings. The first-order valence-electron chi connectivity index (χ1n) is 9.44. The first-order valence-corrected chi connectivity index (χ1v) is 9.44. The summed E-state index contributed by atoms with van der Waals surface area (Å²) in [7, 11) is 0. The van der Waals surface area contributed by atoms with E-state index in [-0.39, 0.29) is 24.2 Å². The number of rotatable bonds is 5. The van der Waals surface area contributed by atoms with Gasteiger partial charge < -0.3 is 14.9 Å². The van der Waals surface area contributed by atoms with E-state index in [0.717, 1.165) is 24.9 Å². The van der Waals surface area contributed by atoms with Gasteiger partial charge >= 0.3 is 0 Å². The molecular weight excluding hydrogens is 316 g/mol. The lowest BCUT2D eigenvalue weighted by atomic mass is 10.0. The molecule has 2 aliphatic rings. The highest BCUT2D eigenvalue weighted by Crippen LogP contribution is 2.27. The summed E-state index contributed by atoms with van der Waals surface area (Å²) in [5, 5.41) is 9.77. The van der Waals surface area contributed by atoms with Crippen LogP contribution in [0.15, 0.2) is 24.3 Å². The zero-order valence-electron chi connectivity index (χ0n) is 15.0. The van der Waals surface area contributed by atoms with Crippen LogP contribution in [0.1, 0.15) is 44.6 Å². The van der Waals surface area contributed by atoms with Crippen LogP contribution in [0, 0.1) is 5.92 Å². The number of likely N-dealkylation sites (tertiary alicyclic amines) is 1. The fraction of sp³-hybridized carbons (Fsp3) is 0.600. The topological polar surface area (TPSA) is 60.9 Å². The van der Waals surface area contributed by atoms with Gasteiger partial charge in [0.1, 0.15) is 0 Å². The summed E-state index contributed by atoms with van der Waals surface area (Å²) in [5.74, 6) is -0.274. The molecule has 0 bridgehead atoms. The van der Waals surface area contributed by atoms with Crippen LogP contribution in [-0.2, 0) is 16.0 Å². The maximum Gasteiger partial charge on any atom is 0.228 e. The second-order valence-corrected chi connectivity index (χ2v) is 7.26. The third-order valence-electron chi connectivity index (χ3n) is 5.25. The SMILES string of the molecule is CCCCc1ccc(N2CC(C(=O)N3CCCC(O)C3)CC2=O)cc1. The van der Waals surface area contributed by atoms with E-state index in [1.807, 2.05) is 12.1 Å². The third-order valence-corrected chi connectivity index (χ3v) is 5.25. The van der Waals surface area contributed by atoms with Crippen LogP contribution in [0.3, 0.4) is 0 Å². The van der Waals surface area contributed by atoms with Crippen molar-refractivity contribution in [2.75, 3.05) is 24.5 Å². The number of piperidine rings is 1. The quantitative estimate of drug-likeness (QED) is 0.892. The highest BCUT2D eigenvalue weighted by molar-refractivity contribution is 6.00. The molecular formula is C20H28N2O3. The number of carbonyl (C=O) groups is 2. The van der Waals surface area contributed by atoms with Gasteiger partial charge in [-0.1, -0.05) is 25.5 Å². The number of aliphatic hydroxyl groups excluding tert-OH is 1. The van der Waals surface area contributed by atoms with Crippen LogP contribution < -0.4 is 4.90 Å². The van der Waals surface area contributed by atoms with Crippen LogP contribution >= 0.6 is 0 Å². The van der Waals surface area contributed by atoms with Gasteiger partial charge in [-0.25, -0.2) is 0 Å². The Hall–Kier alpha value is -1.88. The van der Waals surface area contributed by atoms with Crippen molar-refractivity contribution in [2.24, 2.45) is 5.92 Å². The van der Waals surface area contributed by atoms with Gasteiger partial charge in [-0.05, 0) is 43.4 Å². The molecule has 1 N–H and O–H groups in total. The average Bonchev–Trinajstić information content (AvgIpc) is 3.01. The van der Waals surface area contributed by atoms with Gasteiger partial charge in [-0.15, -0.1) is 0 Å². The van der Waals surface area contributed by atoms with Crippen molar-refractivity contribution in [1.29, 1.82) is 0 Å². The standard InChI is InChI=1S/C20H28N2O3/c1-2-3-5-15-7-9-17(10-8-15)22-13-16(12-19(22)24)20(25)21-11-4-6-18(23)14-21/h7-10,16,18,23H,2-6,11-14H2,1H3. The maximum atomic E-state index is 12.7. The van der Waals surface area contributed by atoms with E-state index in [1.54, 1.807) is 9.80 Å². The summed E-state index contributed by atoms with van der Waals surface area (Å²) in [6.45, 7) is 3.71. The predicted octanol–water partition coefficient (Wildman–Crippen LogP) is 2.37. The lowest BCUT2D eigenvalue weighted by Gasteiger charge is -2.31. The molecule has 0 aliphatic carbocycles. The van der Waals surface area contributed by atoms with Crippen molar-refractivity contribution in [3.63, 3.8) is 0 Å². The minimum Gasteiger partial charge on any atom is -0.391 e. The number of amides is 2. The molecule has 0 spiro atoms. The fourth-order valence-electron chi connectivity index (χ4n) is 3.76. The number of benzene rings is 1. The highest BCUT2D eigenvalue weighted by atomic mass is 16.3. The van der Waals surface area contributed by atoms with E-state index in [0.29, 0.717) is 19.6 Å². The summed E-state index contributed by atoms with van der Waals surface area (Å²) < 4.78 is 0. The second-order valence-electron chi connectivity index (χ2n) is 7.26. The van der Waals surface area contributed by atoms with E-state index >= 15 is 0 Å². The summed E-state index contributed by atoms with van der Waals surface area (Å²) in [6, 6.07) is 8.13. The Morgan fingerprint density at radius 1 is 1.24 bits per heavy atom. The number of β-amino-alcohol motifs (C(OH)–C–C–N with tert-alkyl or cyclic N) is 1. The molecule has 5 nitrogen and oxygen atoms in total. The van der Waals surface area contributed by atoms with Gasteiger partial charge in [0.15, 0.2) is 0 Å². The van der Waals surface area contributed by atoms with Crippen molar-refractivity contribution in [1.82, 2.24) is 4.90 Å². The molecule has 2 amide bonds. The van der Waals surface area contributed by atoms with Gasteiger partial charge in [0, 0.05) is 31.7 Å². The van der Waals surface area contributed by atoms with Crippen LogP contribution in [-0.4, -0.2) is 47.6 Å². The highest BCUT2D eigenvalue weighted by Gasteiger charge is 2.38. The molecule has 2 heterocycles. The third kappa shape index (κ3) is 4.21. The summed E-state index contributed by atoms with van der Waals surface area (Å²) in [4.78, 5) is 28.5. The number of unbranched alkanes of at least 4 members (excludes halogenated alkanes) is 1. The zero-order chi connectivity index (χ0) is 17.8. The van der Waals surface area contributed by atoms with Gasteiger partial charge in [-0.2, -0.15) is 0 Å². The fourth-order valence-corrected chi connectivity index (χ4v) is 3.76. The molecule has 1 aromatic carbocycles. The average molecular weight is 344 g/mol. The van der Waals surface area contributed by atoms with Crippen LogP contribution in [0.5, 0.6) is 0 Å². The molecule has 2 aliphatic heterocycles. The van der Waals surface area contributed by atoms with Gasteiger partial charge in [0.25, 0.3) is 0 Å². The molecule has 2 saturated heterocycles. The second kappa shape index (κ2) is 8.00. The normalized spacial score (nSPS) is 24.0. The molecule has 5 heteroatoms. The lowest BCUT2D eigenvalue weighted by Crippen LogP contribution is -2.45. The maximum absolute atomic E-state index is 12.7. The molecule has 2 atom stereocenters. The molecule has 0 radical (unpaired) electrons. The number of carbonyl (C=O) groups excluding carboxylic acids is 2. The Balaban J connectivity index is 1.62. The Morgan fingerprint density at radius 3 is 2.68 bits per heavy atom. The first-order chi connectivity index (χ1) is 12.1. The molecule has 1 aromatic rings. The molecule has 0 saturated carbocycles. The Bertz CT molecular complexity index is 614. The molecule has 25 heavy (non-hydrogen) atoms. The van der Waals surface area contributed by atoms with Crippen LogP contribution in [0.2, 0.25) is 0 Å². The largest absolute Gasteiger partial charge is 0.391 e. The van der Waals surface area contributed by atoms with Crippen molar-refractivity contribution in [3.05, 3.63) is 29.8 Å². The van der Waals surface area contributed by atoms with Crippen molar-refractivity contribution < 1.29 is 14.7 Å². The number of hydrogen-bond donors (Lipinski definition) is 1. The van der Waals surface area contributed by atoms with Crippen molar-refractivity contribution >= 4 is 17.5 Å². The minimum atomic E-state index is -0.429. The number of aliphatic hydroxyl groups is 1. The van der Waals surface area contributed by atoms with E-state index < -0.39 is 6.10 Å². The molecule has 136 valence electrons. The van der Waals surface area contributed by atoms with E-state index in [4.69, 9.17) is 0 Å². The van der Waals surface area contributed by atoms with Crippen LogP contribution in [0.25, 0.3) is 0 Å². The summed E-state index contributed by atoms with van der Waals surface area (Å²) in [5.41, 5.74) is 2.16. The molecule has 0 aromatic heterocycles. The summed E-state index contributed by atoms with van der Waals surface area (Å²) in [6.07, 6.45) is 4.82. The van der Waals surface area contributed by atoms with E-state index in [9.17, 15) is 14.7 Å². The Labute approximate surface area is 149 Å². The summed E-state index contributed by atoms with van der Waals surface area (Å²) >= 11 is 0. The van der Waals surface area contributed by atoms with Crippen molar-refractivity contribution in [2.45, 2.75) is 51.6 Å². The Kier molecular flexibility index (Phi) is 5.74. The number of nitrogens with zero attached hydrogens (tertiary/aromatic N) is 2. The monoisotopic (exact) mass is 344 g/mol. The van der Waals surface area contributed by atoms with Crippen molar-refractivity contribution in [3.8, 4) is 0 Å². The Morgan fingerprint density at radius 2 is 2.00 bits per heavy atom. The van der Waals surface area contributed by atoms with Gasteiger partial charge in [0.2, 0.25) is 11.8 Å². The van der Waals surface area contributed by atoms with E-state index in [2.05, 4.69) is 19.1 Å². The van der Waals surface area contributed by atoms with Gasteiger partial charge in [0.05, 0.1) is 12.0 Å². The van der Waals surface area contributed by atoms with E-state index in [1.165, 1.54) is 18.4 Å². The lowest BCUT2D eigenvalue weighted by molar-refractivity contribution is -0.138. The smallest absolute Gasteiger partial charge is 0.228 e.